The second-order valence-corrected chi connectivity index (χ2v) is 5.94. The molecule has 1 aromatic rings. The van der Waals surface area contributed by atoms with Crippen LogP contribution in [0.3, 0.4) is 0 Å². The Morgan fingerprint density at radius 2 is 2.20 bits per heavy atom. The van der Waals surface area contributed by atoms with Gasteiger partial charge in [-0.1, -0.05) is 6.92 Å². The molecule has 0 amide bonds. The van der Waals surface area contributed by atoms with Crippen LogP contribution in [-0.4, -0.2) is 38.1 Å². The maximum atomic E-state index is 11.1. The molecule has 1 heterocycles. The van der Waals surface area contributed by atoms with Crippen molar-refractivity contribution >= 4 is 5.97 Å². The number of rotatable bonds is 5. The molecule has 1 saturated carbocycles. The van der Waals surface area contributed by atoms with Gasteiger partial charge in [0, 0.05) is 20.1 Å². The fourth-order valence-corrected chi connectivity index (χ4v) is 2.74. The van der Waals surface area contributed by atoms with Gasteiger partial charge in [0.05, 0.1) is 17.5 Å². The van der Waals surface area contributed by atoms with Crippen LogP contribution >= 0.6 is 0 Å². The summed E-state index contributed by atoms with van der Waals surface area (Å²) in [5.41, 5.74) is 0.184. The number of aliphatic hydroxyl groups is 1. The lowest BCUT2D eigenvalue weighted by molar-refractivity contribution is -0.00641. The van der Waals surface area contributed by atoms with Gasteiger partial charge in [0.15, 0.2) is 0 Å². The summed E-state index contributed by atoms with van der Waals surface area (Å²) in [6.07, 6.45) is 5.06. The number of nitrogens with zero attached hydrogens (tertiary/aromatic N) is 2. The van der Waals surface area contributed by atoms with Crippen molar-refractivity contribution in [3.05, 3.63) is 17.5 Å². The number of carbonyl (C=O) groups is 1. The Morgan fingerprint density at radius 3 is 2.80 bits per heavy atom. The number of nitrogens with one attached hydrogen (secondary N) is 1. The van der Waals surface area contributed by atoms with Crippen molar-refractivity contribution in [3.8, 4) is 0 Å². The monoisotopic (exact) mass is 281 g/mol. The summed E-state index contributed by atoms with van der Waals surface area (Å²) in [4.78, 5) is 11.1. The summed E-state index contributed by atoms with van der Waals surface area (Å²) in [7, 11) is 1.72. The zero-order valence-electron chi connectivity index (χ0n) is 12.1. The average Bonchev–Trinajstić information content (AvgIpc) is 2.76. The molecule has 0 unspecified atom stereocenters. The fourth-order valence-electron chi connectivity index (χ4n) is 2.74. The Balaban J connectivity index is 1.90. The predicted molar refractivity (Wildman–Crippen MR) is 74.5 cm³/mol. The van der Waals surface area contributed by atoms with Gasteiger partial charge < -0.3 is 15.5 Å². The van der Waals surface area contributed by atoms with Gasteiger partial charge >= 0.3 is 5.97 Å². The molecule has 1 aliphatic rings. The number of aryl methyl sites for hydroxylation is 1. The molecule has 2 rings (SSSR count). The predicted octanol–water partition coefficient (Wildman–Crippen LogP) is 1.15. The van der Waals surface area contributed by atoms with Crippen LogP contribution < -0.4 is 5.32 Å². The quantitative estimate of drug-likeness (QED) is 0.753. The molecule has 0 atom stereocenters. The summed E-state index contributed by atoms with van der Waals surface area (Å²) >= 11 is 0. The minimum atomic E-state index is -0.972. The van der Waals surface area contributed by atoms with Gasteiger partial charge in [0.25, 0.3) is 0 Å². The topological polar surface area (TPSA) is 87.4 Å². The lowest BCUT2D eigenvalue weighted by atomic mass is 9.79. The van der Waals surface area contributed by atoms with Crippen LogP contribution in [0, 0.1) is 5.92 Å². The van der Waals surface area contributed by atoms with E-state index < -0.39 is 11.6 Å². The van der Waals surface area contributed by atoms with E-state index >= 15 is 0 Å². The van der Waals surface area contributed by atoms with Crippen LogP contribution in [0.4, 0.5) is 0 Å². The Kier molecular flexibility index (Phi) is 4.45. The smallest absolute Gasteiger partial charge is 0.339 e. The van der Waals surface area contributed by atoms with E-state index in [-0.39, 0.29) is 5.56 Å². The molecule has 6 nitrogen and oxygen atoms in total. The highest BCUT2D eigenvalue weighted by Crippen LogP contribution is 2.31. The first kappa shape index (κ1) is 15.0. The standard InChI is InChI=1S/C14H23N3O3/c1-10-3-5-14(20,6-4-10)9-15-8-12-11(13(18)19)7-16-17(12)2/h7,10,15,20H,3-6,8-9H2,1-2H3,(H,18,19). The van der Waals surface area contributed by atoms with Crippen LogP contribution in [0.25, 0.3) is 0 Å². The summed E-state index contributed by atoms with van der Waals surface area (Å²) in [6.45, 7) is 3.10. The second kappa shape index (κ2) is 5.93. The number of aromatic nitrogens is 2. The molecule has 112 valence electrons. The molecule has 0 spiro atoms. The van der Waals surface area contributed by atoms with Gasteiger partial charge in [0.1, 0.15) is 5.56 Å². The summed E-state index contributed by atoms with van der Waals surface area (Å²) in [5, 5.41) is 26.7. The molecule has 1 aliphatic carbocycles. The number of hydrogen-bond donors (Lipinski definition) is 3. The van der Waals surface area contributed by atoms with Crippen LogP contribution in [0.5, 0.6) is 0 Å². The third-order valence-corrected chi connectivity index (χ3v) is 4.24. The molecule has 0 aromatic carbocycles. The van der Waals surface area contributed by atoms with Crippen molar-refractivity contribution < 1.29 is 15.0 Å². The Hall–Kier alpha value is -1.40. The van der Waals surface area contributed by atoms with E-state index in [2.05, 4.69) is 17.3 Å². The summed E-state index contributed by atoms with van der Waals surface area (Å²) < 4.78 is 1.56. The molecule has 20 heavy (non-hydrogen) atoms. The fraction of sp³-hybridized carbons (Fsp3) is 0.714. The van der Waals surface area contributed by atoms with Crippen LogP contribution in [0.2, 0.25) is 0 Å². The van der Waals surface area contributed by atoms with E-state index in [4.69, 9.17) is 5.11 Å². The molecule has 0 aliphatic heterocycles. The molecule has 0 radical (unpaired) electrons. The molecule has 3 N–H and O–H groups in total. The highest BCUT2D eigenvalue weighted by atomic mass is 16.4. The van der Waals surface area contributed by atoms with Gasteiger partial charge in [-0.2, -0.15) is 5.10 Å². The molecular formula is C14H23N3O3. The third kappa shape index (κ3) is 3.37. The summed E-state index contributed by atoms with van der Waals surface area (Å²) in [6, 6.07) is 0. The molecule has 1 fully saturated rings. The normalized spacial score (nSPS) is 26.6. The van der Waals surface area contributed by atoms with E-state index in [0.29, 0.717) is 24.7 Å². The minimum absolute atomic E-state index is 0.212. The SMILES string of the molecule is CC1CCC(O)(CNCc2c(C(=O)O)cnn2C)CC1. The largest absolute Gasteiger partial charge is 0.478 e. The van der Waals surface area contributed by atoms with Gasteiger partial charge in [-0.3, -0.25) is 4.68 Å². The molecule has 6 heteroatoms. The minimum Gasteiger partial charge on any atom is -0.478 e. The van der Waals surface area contributed by atoms with Crippen molar-refractivity contribution in [1.29, 1.82) is 0 Å². The van der Waals surface area contributed by atoms with E-state index in [1.807, 2.05) is 0 Å². The molecule has 0 bridgehead atoms. The molecule has 0 saturated heterocycles. The zero-order chi connectivity index (χ0) is 14.8. The number of hydrogen-bond acceptors (Lipinski definition) is 4. The van der Waals surface area contributed by atoms with Crippen molar-refractivity contribution in [2.75, 3.05) is 6.54 Å². The van der Waals surface area contributed by atoms with Crippen molar-refractivity contribution in [2.45, 2.75) is 44.8 Å². The first-order chi connectivity index (χ1) is 9.41. The van der Waals surface area contributed by atoms with E-state index in [9.17, 15) is 9.90 Å². The highest BCUT2D eigenvalue weighted by Gasteiger charge is 2.31. The van der Waals surface area contributed by atoms with Crippen LogP contribution in [0.1, 0.15) is 48.7 Å². The van der Waals surface area contributed by atoms with Gasteiger partial charge in [0.2, 0.25) is 0 Å². The number of aromatic carboxylic acids is 1. The highest BCUT2D eigenvalue weighted by molar-refractivity contribution is 5.88. The van der Waals surface area contributed by atoms with Crippen molar-refractivity contribution in [3.63, 3.8) is 0 Å². The Bertz CT molecular complexity index is 476. The van der Waals surface area contributed by atoms with Crippen LogP contribution in [-0.2, 0) is 13.6 Å². The summed E-state index contributed by atoms with van der Waals surface area (Å²) in [5.74, 6) is -0.286. The first-order valence-corrected chi connectivity index (χ1v) is 7.08. The Labute approximate surface area is 118 Å². The Morgan fingerprint density at radius 1 is 1.55 bits per heavy atom. The molecule has 1 aromatic heterocycles. The zero-order valence-corrected chi connectivity index (χ0v) is 12.1. The van der Waals surface area contributed by atoms with E-state index in [0.717, 1.165) is 25.7 Å². The lowest BCUT2D eigenvalue weighted by Gasteiger charge is -2.35. The van der Waals surface area contributed by atoms with Crippen molar-refractivity contribution in [1.82, 2.24) is 15.1 Å². The van der Waals surface area contributed by atoms with Gasteiger partial charge in [-0.15, -0.1) is 0 Å². The van der Waals surface area contributed by atoms with E-state index in [1.54, 1.807) is 11.7 Å². The first-order valence-electron chi connectivity index (χ1n) is 7.08. The van der Waals surface area contributed by atoms with Gasteiger partial charge in [-0.05, 0) is 31.6 Å². The van der Waals surface area contributed by atoms with Gasteiger partial charge in [-0.25, -0.2) is 4.79 Å². The second-order valence-electron chi connectivity index (χ2n) is 5.94. The maximum absolute atomic E-state index is 11.1. The van der Waals surface area contributed by atoms with Crippen molar-refractivity contribution in [2.24, 2.45) is 13.0 Å². The third-order valence-electron chi connectivity index (χ3n) is 4.24. The number of carboxylic acid groups (broad SMARTS) is 1. The lowest BCUT2D eigenvalue weighted by Crippen LogP contribution is -2.43. The van der Waals surface area contributed by atoms with E-state index in [1.165, 1.54) is 6.20 Å². The number of carboxylic acids is 1. The van der Waals surface area contributed by atoms with Crippen LogP contribution in [0.15, 0.2) is 6.20 Å². The molecular weight excluding hydrogens is 258 g/mol. The average molecular weight is 281 g/mol. The maximum Gasteiger partial charge on any atom is 0.339 e.